The van der Waals surface area contributed by atoms with Crippen molar-refractivity contribution >= 4 is 11.8 Å². The topological polar surface area (TPSA) is 85.1 Å². The van der Waals surface area contributed by atoms with Gasteiger partial charge in [0, 0.05) is 26.2 Å². The van der Waals surface area contributed by atoms with Gasteiger partial charge in [0.25, 0.3) is 0 Å². The predicted molar refractivity (Wildman–Crippen MR) is 81.2 cm³/mol. The number of likely N-dealkylation sites (N-methyl/N-ethyl adjacent to an activating group) is 1. The van der Waals surface area contributed by atoms with Crippen LogP contribution in [0.4, 0.5) is 0 Å². The third-order valence-corrected chi connectivity index (χ3v) is 4.14. The zero-order chi connectivity index (χ0) is 15.9. The van der Waals surface area contributed by atoms with Crippen molar-refractivity contribution in [1.29, 1.82) is 0 Å². The summed E-state index contributed by atoms with van der Waals surface area (Å²) in [7, 11) is 2.02. The number of carbonyl (C=O) groups is 2. The van der Waals surface area contributed by atoms with Crippen LogP contribution in [0.15, 0.2) is 0 Å². The number of nitrogens with two attached hydrogens (primary N) is 1. The maximum Gasteiger partial charge on any atom is 0.237 e. The second kappa shape index (κ2) is 8.45. The molecule has 0 aliphatic carbocycles. The number of nitrogens with zero attached hydrogens (tertiary/aromatic N) is 2. The van der Waals surface area contributed by atoms with E-state index >= 15 is 0 Å². The largest absolute Gasteiger partial charge is 0.378 e. The first-order valence-electron chi connectivity index (χ1n) is 8.02. The van der Waals surface area contributed by atoms with E-state index in [4.69, 9.17) is 15.2 Å². The average Bonchev–Trinajstić information content (AvgIpc) is 2.47. The molecule has 0 aromatic rings. The van der Waals surface area contributed by atoms with Crippen LogP contribution in [0.25, 0.3) is 0 Å². The summed E-state index contributed by atoms with van der Waals surface area (Å²) in [5.74, 6) is -0.579. The molecular weight excluding hydrogens is 286 g/mol. The zero-order valence-electron chi connectivity index (χ0n) is 13.3. The molecule has 7 nitrogen and oxygen atoms in total. The number of primary amides is 1. The number of carbonyl (C=O) groups excluding carboxylic acids is 2. The molecule has 2 aliphatic heterocycles. The highest BCUT2D eigenvalue weighted by atomic mass is 16.5. The molecule has 0 unspecified atom stereocenters. The number of rotatable bonds is 6. The number of ether oxygens (including phenoxy) is 2. The summed E-state index contributed by atoms with van der Waals surface area (Å²) >= 11 is 0. The van der Waals surface area contributed by atoms with Crippen LogP contribution in [0.5, 0.6) is 0 Å². The van der Waals surface area contributed by atoms with Gasteiger partial charge in [-0.25, -0.2) is 0 Å². The van der Waals surface area contributed by atoms with Gasteiger partial charge in [0.15, 0.2) is 0 Å². The Morgan fingerprint density at radius 3 is 2.64 bits per heavy atom. The molecule has 2 heterocycles. The van der Waals surface area contributed by atoms with E-state index in [9.17, 15) is 9.59 Å². The van der Waals surface area contributed by atoms with Crippen molar-refractivity contribution in [3.8, 4) is 0 Å². The lowest BCUT2D eigenvalue weighted by Gasteiger charge is -2.34. The highest BCUT2D eigenvalue weighted by Crippen LogP contribution is 2.17. The standard InChI is InChI=1S/C15H27N3O4/c1-17-5-7-22-13(9-17)10-18(11-14(16)19)15(20)8-12-4-2-3-6-21-12/h12-13H,2-11H2,1H3,(H2,16,19)/t12-,13+/m0/s1. The molecule has 0 radical (unpaired) electrons. The Labute approximate surface area is 131 Å². The molecule has 2 aliphatic rings. The maximum absolute atomic E-state index is 12.5. The third-order valence-electron chi connectivity index (χ3n) is 4.14. The number of hydrogen-bond acceptors (Lipinski definition) is 5. The Bertz CT molecular complexity index is 385. The molecule has 22 heavy (non-hydrogen) atoms. The molecule has 2 saturated heterocycles. The highest BCUT2D eigenvalue weighted by molar-refractivity contribution is 5.84. The van der Waals surface area contributed by atoms with Gasteiger partial charge in [-0.1, -0.05) is 0 Å². The number of morpholine rings is 1. The van der Waals surface area contributed by atoms with Crippen LogP contribution in [0.1, 0.15) is 25.7 Å². The van der Waals surface area contributed by atoms with Crippen molar-refractivity contribution in [3.05, 3.63) is 0 Å². The SMILES string of the molecule is CN1CCO[C@@H](CN(CC(N)=O)C(=O)C[C@@H]2CCCCO2)C1. The van der Waals surface area contributed by atoms with E-state index in [1.165, 1.54) is 4.90 Å². The maximum atomic E-state index is 12.5. The Kier molecular flexibility index (Phi) is 6.60. The first-order chi connectivity index (χ1) is 10.5. The van der Waals surface area contributed by atoms with Crippen LogP contribution in [-0.2, 0) is 19.1 Å². The Hall–Kier alpha value is -1.18. The van der Waals surface area contributed by atoms with Crippen molar-refractivity contribution < 1.29 is 19.1 Å². The van der Waals surface area contributed by atoms with Crippen LogP contribution in [-0.4, -0.2) is 80.3 Å². The second-order valence-electron chi connectivity index (χ2n) is 6.19. The fraction of sp³-hybridized carbons (Fsp3) is 0.867. The highest BCUT2D eigenvalue weighted by Gasteiger charge is 2.27. The van der Waals surface area contributed by atoms with E-state index in [0.29, 0.717) is 26.2 Å². The molecule has 0 saturated carbocycles. The van der Waals surface area contributed by atoms with Crippen LogP contribution in [0, 0.1) is 0 Å². The first-order valence-corrected chi connectivity index (χ1v) is 8.02. The molecule has 0 aromatic heterocycles. The molecule has 2 N–H and O–H groups in total. The van der Waals surface area contributed by atoms with E-state index in [1.807, 2.05) is 7.05 Å². The molecule has 126 valence electrons. The van der Waals surface area contributed by atoms with E-state index in [-0.39, 0.29) is 24.7 Å². The lowest BCUT2D eigenvalue weighted by molar-refractivity contribution is -0.141. The summed E-state index contributed by atoms with van der Waals surface area (Å²) < 4.78 is 11.3. The number of amides is 2. The minimum Gasteiger partial charge on any atom is -0.378 e. The van der Waals surface area contributed by atoms with Crippen molar-refractivity contribution in [1.82, 2.24) is 9.80 Å². The summed E-state index contributed by atoms with van der Waals surface area (Å²) in [6.07, 6.45) is 3.25. The van der Waals surface area contributed by atoms with E-state index < -0.39 is 5.91 Å². The van der Waals surface area contributed by atoms with Crippen LogP contribution < -0.4 is 5.73 Å². The monoisotopic (exact) mass is 313 g/mol. The van der Waals surface area contributed by atoms with Crippen molar-refractivity contribution in [3.63, 3.8) is 0 Å². The molecule has 0 bridgehead atoms. The van der Waals surface area contributed by atoms with E-state index in [2.05, 4.69) is 4.90 Å². The van der Waals surface area contributed by atoms with Gasteiger partial charge in [-0.2, -0.15) is 0 Å². The van der Waals surface area contributed by atoms with Crippen molar-refractivity contribution in [2.24, 2.45) is 5.73 Å². The summed E-state index contributed by atoms with van der Waals surface area (Å²) in [5, 5.41) is 0. The lowest BCUT2D eigenvalue weighted by atomic mass is 10.1. The van der Waals surface area contributed by atoms with Gasteiger partial charge in [-0.15, -0.1) is 0 Å². The fourth-order valence-corrected chi connectivity index (χ4v) is 2.96. The Balaban J connectivity index is 1.89. The van der Waals surface area contributed by atoms with Crippen LogP contribution in [0.3, 0.4) is 0 Å². The minimum absolute atomic E-state index is 0.0356. The van der Waals surface area contributed by atoms with Crippen LogP contribution in [0.2, 0.25) is 0 Å². The van der Waals surface area contributed by atoms with Gasteiger partial charge in [-0.05, 0) is 26.3 Å². The smallest absolute Gasteiger partial charge is 0.237 e. The van der Waals surface area contributed by atoms with Gasteiger partial charge in [0.1, 0.15) is 0 Å². The summed E-state index contributed by atoms with van der Waals surface area (Å²) in [4.78, 5) is 27.4. The summed E-state index contributed by atoms with van der Waals surface area (Å²) in [5.41, 5.74) is 5.28. The normalized spacial score (nSPS) is 26.6. The summed E-state index contributed by atoms with van der Waals surface area (Å²) in [6.45, 7) is 3.34. The van der Waals surface area contributed by atoms with Gasteiger partial charge in [-0.3, -0.25) is 9.59 Å². The molecule has 2 atom stereocenters. The minimum atomic E-state index is -0.498. The van der Waals surface area contributed by atoms with E-state index in [1.54, 1.807) is 0 Å². The third kappa shape index (κ3) is 5.55. The Morgan fingerprint density at radius 2 is 2.00 bits per heavy atom. The molecule has 2 fully saturated rings. The molecule has 0 aromatic carbocycles. The molecule has 2 rings (SSSR count). The molecule has 7 heteroatoms. The van der Waals surface area contributed by atoms with E-state index in [0.717, 1.165) is 32.4 Å². The zero-order valence-corrected chi connectivity index (χ0v) is 13.3. The van der Waals surface area contributed by atoms with Crippen LogP contribution >= 0.6 is 0 Å². The second-order valence-corrected chi connectivity index (χ2v) is 6.19. The van der Waals surface area contributed by atoms with Gasteiger partial charge < -0.3 is 25.0 Å². The average molecular weight is 313 g/mol. The summed E-state index contributed by atoms with van der Waals surface area (Å²) in [6, 6.07) is 0. The lowest BCUT2D eigenvalue weighted by Crippen LogP contribution is -2.50. The van der Waals surface area contributed by atoms with Gasteiger partial charge in [0.05, 0.1) is 31.8 Å². The first kappa shape index (κ1) is 17.2. The van der Waals surface area contributed by atoms with Crippen molar-refractivity contribution in [2.75, 3.05) is 46.4 Å². The quantitative estimate of drug-likeness (QED) is 0.720. The van der Waals surface area contributed by atoms with Gasteiger partial charge in [0.2, 0.25) is 11.8 Å². The van der Waals surface area contributed by atoms with Crippen molar-refractivity contribution in [2.45, 2.75) is 37.9 Å². The predicted octanol–water partition coefficient (Wildman–Crippen LogP) is -0.410. The number of hydrogen-bond donors (Lipinski definition) is 1. The molecule has 0 spiro atoms. The fourth-order valence-electron chi connectivity index (χ4n) is 2.96. The Morgan fingerprint density at radius 1 is 1.23 bits per heavy atom. The molecule has 2 amide bonds. The van der Waals surface area contributed by atoms with Gasteiger partial charge >= 0.3 is 0 Å². The molecular formula is C15H27N3O4.